The first-order valence-electron chi connectivity index (χ1n) is 17.6. The molecule has 0 bridgehead atoms. The SMILES string of the molecule is CCOC(=O)C12C[C@H]1/C=C\CCCCN(C)C(=O)[C@@H]1C[C@H](Oc3cc(-c4cccc(C(C)C)n4)nc4c(C)c(OC)ccc34)C[C@H]1C(=O)N2. The fraction of sp³-hybridized carbons (Fsp3) is 0.513. The summed E-state index contributed by atoms with van der Waals surface area (Å²) in [6.45, 7) is 8.78. The summed E-state index contributed by atoms with van der Waals surface area (Å²) in [4.78, 5) is 52.9. The number of rotatable bonds is 7. The minimum absolute atomic E-state index is 0.0769. The fourth-order valence-corrected chi connectivity index (χ4v) is 7.36. The molecule has 49 heavy (non-hydrogen) atoms. The highest BCUT2D eigenvalue weighted by Gasteiger charge is 2.62. The average molecular weight is 669 g/mol. The Kier molecular flexibility index (Phi) is 9.95. The molecule has 2 aromatic heterocycles. The number of carbonyl (C=O) groups excluding carboxylic acids is 3. The summed E-state index contributed by atoms with van der Waals surface area (Å²) in [5, 5.41) is 3.88. The van der Waals surface area contributed by atoms with Crippen molar-refractivity contribution in [1.82, 2.24) is 20.2 Å². The predicted molar refractivity (Wildman–Crippen MR) is 187 cm³/mol. The number of hydrogen-bond acceptors (Lipinski definition) is 8. The Balaban J connectivity index is 1.36. The van der Waals surface area contributed by atoms with Crippen molar-refractivity contribution in [2.75, 3.05) is 27.3 Å². The largest absolute Gasteiger partial charge is 0.496 e. The van der Waals surface area contributed by atoms with Crippen LogP contribution in [0.2, 0.25) is 0 Å². The summed E-state index contributed by atoms with van der Waals surface area (Å²) in [6.07, 6.45) is 7.48. The maximum absolute atomic E-state index is 14.1. The Bertz CT molecular complexity index is 1770. The lowest BCUT2D eigenvalue weighted by Gasteiger charge is -2.26. The molecule has 2 saturated carbocycles. The van der Waals surface area contributed by atoms with Gasteiger partial charge >= 0.3 is 5.97 Å². The standard InChI is InChI=1S/C39H48N4O6/c1-7-48-38(46)39-22-25(39)13-10-8-9-11-18-43(5)37(45)29-20-26(19-28(29)36(44)42-39)49-34-21-32(31-15-12-14-30(40-31)23(2)3)41-35-24(4)33(47-6)17-16-27(34)35/h10,12-17,21,23,25-26,28-29H,7-9,11,18-20,22H2,1-6H3,(H,42,44)/b13-10-/t25-,26-,28-,29-,39?/m1/s1. The zero-order valence-electron chi connectivity index (χ0n) is 29.5. The van der Waals surface area contributed by atoms with E-state index < -0.39 is 29.4 Å². The topological polar surface area (TPSA) is 120 Å². The molecule has 2 fully saturated rings. The Morgan fingerprint density at radius 2 is 1.86 bits per heavy atom. The van der Waals surface area contributed by atoms with E-state index in [1.807, 2.05) is 49.4 Å². The third-order valence-electron chi connectivity index (χ3n) is 10.3. The van der Waals surface area contributed by atoms with Crippen LogP contribution in [0, 0.1) is 24.7 Å². The molecular formula is C39H48N4O6. The lowest BCUT2D eigenvalue weighted by atomic mass is 9.93. The number of esters is 1. The van der Waals surface area contributed by atoms with Gasteiger partial charge in [-0.05, 0) is 82.6 Å². The lowest BCUT2D eigenvalue weighted by molar-refractivity contribution is -0.150. The van der Waals surface area contributed by atoms with Gasteiger partial charge in [0.05, 0.1) is 42.5 Å². The van der Waals surface area contributed by atoms with Crippen molar-refractivity contribution in [2.24, 2.45) is 17.8 Å². The van der Waals surface area contributed by atoms with Crippen LogP contribution in [-0.2, 0) is 19.1 Å². The van der Waals surface area contributed by atoms with Crippen molar-refractivity contribution < 1.29 is 28.6 Å². The minimum atomic E-state index is -1.10. The molecule has 0 radical (unpaired) electrons. The van der Waals surface area contributed by atoms with Crippen molar-refractivity contribution >= 4 is 28.7 Å². The molecular weight excluding hydrogens is 620 g/mol. The first-order valence-corrected chi connectivity index (χ1v) is 17.6. The van der Waals surface area contributed by atoms with Crippen molar-refractivity contribution in [3.63, 3.8) is 0 Å². The Morgan fingerprint density at radius 3 is 2.61 bits per heavy atom. The van der Waals surface area contributed by atoms with Gasteiger partial charge in [-0.1, -0.05) is 32.1 Å². The number of aryl methyl sites for hydroxylation is 1. The highest BCUT2D eigenvalue weighted by atomic mass is 16.5. The summed E-state index contributed by atoms with van der Waals surface area (Å²) in [6, 6.07) is 11.7. The van der Waals surface area contributed by atoms with Crippen molar-refractivity contribution in [3.05, 3.63) is 59.8 Å². The number of carbonyl (C=O) groups is 3. The van der Waals surface area contributed by atoms with Gasteiger partial charge in [0.1, 0.15) is 23.1 Å². The van der Waals surface area contributed by atoms with Crippen LogP contribution in [0.5, 0.6) is 11.5 Å². The monoisotopic (exact) mass is 668 g/mol. The van der Waals surface area contributed by atoms with Crippen LogP contribution in [0.3, 0.4) is 0 Å². The second-order valence-electron chi connectivity index (χ2n) is 14.0. The summed E-state index contributed by atoms with van der Waals surface area (Å²) in [5.74, 6) is -0.639. The van der Waals surface area contributed by atoms with Gasteiger partial charge in [-0.2, -0.15) is 0 Å². The molecule has 2 aliphatic carbocycles. The highest BCUT2D eigenvalue weighted by Crippen LogP contribution is 2.47. The summed E-state index contributed by atoms with van der Waals surface area (Å²) >= 11 is 0. The van der Waals surface area contributed by atoms with Gasteiger partial charge in [0.15, 0.2) is 0 Å². The summed E-state index contributed by atoms with van der Waals surface area (Å²) in [5.41, 5.74) is 2.86. The number of benzene rings is 1. The van der Waals surface area contributed by atoms with Crippen LogP contribution >= 0.6 is 0 Å². The number of methoxy groups -OCH3 is 1. The third-order valence-corrected chi connectivity index (χ3v) is 10.3. The van der Waals surface area contributed by atoms with Gasteiger partial charge in [0, 0.05) is 42.2 Å². The average Bonchev–Trinajstić information content (AvgIpc) is 3.62. The molecule has 5 atom stereocenters. The van der Waals surface area contributed by atoms with Crippen LogP contribution < -0.4 is 14.8 Å². The molecule has 6 rings (SSSR count). The van der Waals surface area contributed by atoms with Gasteiger partial charge < -0.3 is 24.4 Å². The van der Waals surface area contributed by atoms with E-state index in [2.05, 4.69) is 25.2 Å². The molecule has 1 N–H and O–H groups in total. The molecule has 1 aromatic carbocycles. The van der Waals surface area contributed by atoms with Crippen LogP contribution in [0.4, 0.5) is 0 Å². The molecule has 3 heterocycles. The summed E-state index contributed by atoms with van der Waals surface area (Å²) in [7, 11) is 3.44. The van der Waals surface area contributed by atoms with Gasteiger partial charge in [-0.15, -0.1) is 0 Å². The first-order chi connectivity index (χ1) is 23.6. The Hall–Kier alpha value is -4.47. The lowest BCUT2D eigenvalue weighted by Crippen LogP contribution is -2.50. The number of hydrogen-bond donors (Lipinski definition) is 1. The zero-order chi connectivity index (χ0) is 34.9. The normalized spacial score (nSPS) is 26.4. The van der Waals surface area contributed by atoms with Crippen molar-refractivity contribution in [1.29, 1.82) is 0 Å². The number of aromatic nitrogens is 2. The molecule has 1 aliphatic heterocycles. The van der Waals surface area contributed by atoms with Crippen molar-refractivity contribution in [3.8, 4) is 22.9 Å². The predicted octanol–water partition coefficient (Wildman–Crippen LogP) is 6.15. The molecule has 0 spiro atoms. The van der Waals surface area contributed by atoms with Crippen LogP contribution in [-0.4, -0.2) is 71.6 Å². The van der Waals surface area contributed by atoms with E-state index in [9.17, 15) is 14.4 Å². The van der Waals surface area contributed by atoms with Crippen LogP contribution in [0.1, 0.15) is 76.5 Å². The Labute approximate surface area is 288 Å². The molecule has 2 amide bonds. The second kappa shape index (κ2) is 14.2. The maximum atomic E-state index is 14.1. The van der Waals surface area contributed by atoms with Gasteiger partial charge in [0.2, 0.25) is 11.8 Å². The number of ether oxygens (including phenoxy) is 3. The van der Waals surface area contributed by atoms with Gasteiger partial charge in [0.25, 0.3) is 0 Å². The first kappa shape index (κ1) is 34.4. The molecule has 0 saturated heterocycles. The van der Waals surface area contributed by atoms with Gasteiger partial charge in [-0.25, -0.2) is 9.78 Å². The Morgan fingerprint density at radius 1 is 1.06 bits per heavy atom. The van der Waals surface area contributed by atoms with E-state index >= 15 is 0 Å². The van der Waals surface area contributed by atoms with E-state index in [-0.39, 0.29) is 30.3 Å². The summed E-state index contributed by atoms with van der Waals surface area (Å²) < 4.78 is 17.9. The number of fused-ring (bicyclic) bond motifs is 3. The maximum Gasteiger partial charge on any atom is 0.332 e. The molecule has 3 aromatic rings. The second-order valence-corrected chi connectivity index (χ2v) is 14.0. The quantitative estimate of drug-likeness (QED) is 0.235. The smallest absolute Gasteiger partial charge is 0.332 e. The number of nitrogens with zero attached hydrogens (tertiary/aromatic N) is 3. The molecule has 260 valence electrons. The van der Waals surface area contributed by atoms with E-state index in [0.29, 0.717) is 43.0 Å². The molecule has 10 nitrogen and oxygen atoms in total. The van der Waals surface area contributed by atoms with E-state index in [1.165, 1.54) is 0 Å². The molecule has 3 aliphatic rings. The molecule has 1 unspecified atom stereocenters. The van der Waals surface area contributed by atoms with E-state index in [4.69, 9.17) is 24.2 Å². The van der Waals surface area contributed by atoms with Crippen LogP contribution in [0.15, 0.2) is 48.6 Å². The number of pyridine rings is 2. The van der Waals surface area contributed by atoms with Gasteiger partial charge in [-0.3, -0.25) is 14.6 Å². The van der Waals surface area contributed by atoms with Crippen LogP contribution in [0.25, 0.3) is 22.3 Å². The number of allylic oxidation sites excluding steroid dienone is 1. The van der Waals surface area contributed by atoms with E-state index in [1.54, 1.807) is 26.0 Å². The minimum Gasteiger partial charge on any atom is -0.496 e. The third kappa shape index (κ3) is 6.87. The highest BCUT2D eigenvalue weighted by molar-refractivity contribution is 5.95. The van der Waals surface area contributed by atoms with E-state index in [0.717, 1.165) is 47.1 Å². The zero-order valence-corrected chi connectivity index (χ0v) is 29.5. The molecule has 10 heteroatoms. The fourth-order valence-electron chi connectivity index (χ4n) is 7.36. The van der Waals surface area contributed by atoms with Crippen molar-refractivity contribution in [2.45, 2.75) is 83.8 Å². The number of amides is 2. The number of nitrogens with one attached hydrogen (secondary N) is 1.